The van der Waals surface area contributed by atoms with Crippen molar-refractivity contribution in [1.29, 1.82) is 0 Å². The molecule has 0 unspecified atom stereocenters. The summed E-state index contributed by atoms with van der Waals surface area (Å²) in [5.74, 6) is 0.843. The predicted molar refractivity (Wildman–Crippen MR) is 75.7 cm³/mol. The molecular formula is C17H11NO. The van der Waals surface area contributed by atoms with Gasteiger partial charge < -0.3 is 4.74 Å². The normalized spacial score (nSPS) is 14.1. The van der Waals surface area contributed by atoms with Crippen LogP contribution in [0.4, 0.5) is 5.69 Å². The van der Waals surface area contributed by atoms with E-state index in [4.69, 9.17) is 9.73 Å². The van der Waals surface area contributed by atoms with Crippen molar-refractivity contribution in [3.63, 3.8) is 0 Å². The molecule has 0 spiro atoms. The Labute approximate surface area is 110 Å². The van der Waals surface area contributed by atoms with Gasteiger partial charge in [0.05, 0.1) is 17.3 Å². The third-order valence-electron chi connectivity index (χ3n) is 3.36. The van der Waals surface area contributed by atoms with Crippen LogP contribution in [-0.4, -0.2) is 0 Å². The molecule has 2 aromatic rings. The highest BCUT2D eigenvalue weighted by Gasteiger charge is 2.15. The fraction of sp³-hybridized carbons (Fsp3) is 0. The second-order valence-electron chi connectivity index (χ2n) is 4.50. The van der Waals surface area contributed by atoms with Gasteiger partial charge in [0.2, 0.25) is 0 Å². The molecular weight excluding hydrogens is 234 g/mol. The molecule has 0 aliphatic carbocycles. The van der Waals surface area contributed by atoms with Crippen LogP contribution in [0.15, 0.2) is 65.9 Å². The maximum Gasteiger partial charge on any atom is 0.135 e. The van der Waals surface area contributed by atoms with Gasteiger partial charge in [0, 0.05) is 16.3 Å². The van der Waals surface area contributed by atoms with Gasteiger partial charge in [0.1, 0.15) is 5.75 Å². The van der Waals surface area contributed by atoms with Crippen molar-refractivity contribution in [3.05, 3.63) is 71.5 Å². The lowest BCUT2D eigenvalue weighted by Gasteiger charge is -2.04. The molecule has 0 saturated heterocycles. The number of benzene rings is 2. The summed E-state index contributed by atoms with van der Waals surface area (Å²) in [7, 11) is 0. The van der Waals surface area contributed by atoms with Crippen molar-refractivity contribution in [1.82, 2.24) is 0 Å². The maximum absolute atomic E-state index is 5.63. The molecule has 4 rings (SSSR count). The molecule has 0 saturated carbocycles. The molecule has 2 nitrogen and oxygen atoms in total. The first-order chi connectivity index (χ1) is 9.43. The van der Waals surface area contributed by atoms with Crippen LogP contribution < -0.4 is 15.3 Å². The van der Waals surface area contributed by atoms with Crippen molar-refractivity contribution in [2.24, 2.45) is 4.99 Å². The Bertz CT molecular complexity index is 844. The first kappa shape index (κ1) is 10.3. The number of ether oxygens (including phenoxy) is 1. The van der Waals surface area contributed by atoms with E-state index < -0.39 is 0 Å². The number of para-hydroxylation sites is 1. The molecule has 0 N–H and O–H groups in total. The van der Waals surface area contributed by atoms with Crippen molar-refractivity contribution >= 4 is 11.8 Å². The van der Waals surface area contributed by atoms with Crippen LogP contribution in [0, 0.1) is 0 Å². The summed E-state index contributed by atoms with van der Waals surface area (Å²) in [6, 6.07) is 12.3. The molecule has 2 aromatic carbocycles. The summed E-state index contributed by atoms with van der Waals surface area (Å²) in [5, 5.41) is 2.04. The molecule has 2 aliphatic heterocycles. The third kappa shape index (κ3) is 1.54. The molecule has 90 valence electrons. The molecule has 19 heavy (non-hydrogen) atoms. The Morgan fingerprint density at radius 2 is 1.79 bits per heavy atom. The first-order valence-corrected chi connectivity index (χ1v) is 6.25. The Morgan fingerprint density at radius 1 is 0.842 bits per heavy atom. The van der Waals surface area contributed by atoms with E-state index in [1.165, 1.54) is 11.1 Å². The zero-order valence-electron chi connectivity index (χ0n) is 10.2. The molecule has 0 bridgehead atoms. The van der Waals surface area contributed by atoms with E-state index in [1.807, 2.05) is 48.6 Å². The molecule has 0 atom stereocenters. The van der Waals surface area contributed by atoms with Crippen LogP contribution >= 0.6 is 0 Å². The van der Waals surface area contributed by atoms with Crippen LogP contribution in [0.3, 0.4) is 0 Å². The van der Waals surface area contributed by atoms with Crippen LogP contribution in [0.25, 0.3) is 17.2 Å². The number of nitrogens with zero attached hydrogens (tertiary/aromatic N) is 1. The van der Waals surface area contributed by atoms with E-state index in [9.17, 15) is 0 Å². The van der Waals surface area contributed by atoms with Crippen LogP contribution in [-0.2, 0) is 0 Å². The summed E-state index contributed by atoms with van der Waals surface area (Å²) in [6.07, 6.45) is 9.57. The van der Waals surface area contributed by atoms with Gasteiger partial charge in [-0.25, -0.2) is 4.99 Å². The highest BCUT2D eigenvalue weighted by Crippen LogP contribution is 2.31. The average Bonchev–Trinajstić information content (AvgIpc) is 2.77. The number of fused-ring (bicyclic) bond motifs is 5. The summed E-state index contributed by atoms with van der Waals surface area (Å²) < 4.78 is 5.63. The van der Waals surface area contributed by atoms with Crippen molar-refractivity contribution in [2.75, 3.05) is 0 Å². The van der Waals surface area contributed by atoms with Gasteiger partial charge in [-0.05, 0) is 30.4 Å². The molecule has 2 aliphatic rings. The topological polar surface area (TPSA) is 21.6 Å². The smallest absolute Gasteiger partial charge is 0.135 e. The summed E-state index contributed by atoms with van der Waals surface area (Å²) in [4.78, 5) is 4.73. The minimum absolute atomic E-state index is 0.843. The van der Waals surface area contributed by atoms with E-state index in [0.717, 1.165) is 22.0 Å². The van der Waals surface area contributed by atoms with Gasteiger partial charge in [0.25, 0.3) is 0 Å². The van der Waals surface area contributed by atoms with Gasteiger partial charge in [-0.2, -0.15) is 0 Å². The lowest BCUT2D eigenvalue weighted by Crippen LogP contribution is -2.26. The van der Waals surface area contributed by atoms with E-state index >= 15 is 0 Å². The zero-order chi connectivity index (χ0) is 12.7. The predicted octanol–water partition coefficient (Wildman–Crippen LogP) is 2.86. The maximum atomic E-state index is 5.63. The molecule has 2 heteroatoms. The Hall–Kier alpha value is -2.61. The second-order valence-corrected chi connectivity index (χ2v) is 4.50. The van der Waals surface area contributed by atoms with Gasteiger partial charge in [-0.1, -0.05) is 30.4 Å². The largest absolute Gasteiger partial charge is 0.464 e. The Balaban J connectivity index is 2.10. The van der Waals surface area contributed by atoms with Gasteiger partial charge in [-0.15, -0.1) is 0 Å². The minimum Gasteiger partial charge on any atom is -0.464 e. The summed E-state index contributed by atoms with van der Waals surface area (Å²) in [5.41, 5.74) is 3.39. The van der Waals surface area contributed by atoms with Crippen LogP contribution in [0.5, 0.6) is 5.75 Å². The third-order valence-corrected chi connectivity index (χ3v) is 3.36. The Morgan fingerprint density at radius 3 is 2.79 bits per heavy atom. The second kappa shape index (κ2) is 3.95. The summed E-state index contributed by atoms with van der Waals surface area (Å²) in [6.45, 7) is 0. The van der Waals surface area contributed by atoms with Crippen molar-refractivity contribution in [3.8, 4) is 16.9 Å². The van der Waals surface area contributed by atoms with E-state index in [0.29, 0.717) is 0 Å². The van der Waals surface area contributed by atoms with Gasteiger partial charge in [0.15, 0.2) is 0 Å². The van der Waals surface area contributed by atoms with Gasteiger partial charge >= 0.3 is 0 Å². The van der Waals surface area contributed by atoms with Crippen molar-refractivity contribution in [2.45, 2.75) is 0 Å². The zero-order valence-corrected chi connectivity index (χ0v) is 10.2. The fourth-order valence-electron chi connectivity index (χ4n) is 2.48. The standard InChI is InChI=1S/C17H11NO/c1-2-7-14-16(19-11-5-1)10-9-13-12-6-3-4-8-15(12)18-17(13)14/h1-11H. The van der Waals surface area contributed by atoms with E-state index in [1.54, 1.807) is 6.26 Å². The van der Waals surface area contributed by atoms with Gasteiger partial charge in [-0.3, -0.25) is 0 Å². The van der Waals surface area contributed by atoms with E-state index in [2.05, 4.69) is 12.1 Å². The monoisotopic (exact) mass is 245 g/mol. The SMILES string of the molecule is C1=CC=c2c(ccc3c2=Nc2ccccc2-3)OC=C1. The van der Waals surface area contributed by atoms with Crippen molar-refractivity contribution < 1.29 is 4.74 Å². The molecule has 0 aromatic heterocycles. The fourth-order valence-corrected chi connectivity index (χ4v) is 2.48. The highest BCUT2D eigenvalue weighted by atomic mass is 16.5. The molecule has 0 fully saturated rings. The Kier molecular flexibility index (Phi) is 2.15. The molecule has 0 amide bonds. The number of hydrogen-bond donors (Lipinski definition) is 0. The lowest BCUT2D eigenvalue weighted by molar-refractivity contribution is 0.476. The number of allylic oxidation sites excluding steroid dienone is 3. The minimum atomic E-state index is 0.843. The molecule has 2 heterocycles. The average molecular weight is 245 g/mol. The van der Waals surface area contributed by atoms with E-state index in [-0.39, 0.29) is 0 Å². The number of hydrogen-bond acceptors (Lipinski definition) is 2. The lowest BCUT2D eigenvalue weighted by atomic mass is 10.0. The summed E-state index contributed by atoms with van der Waals surface area (Å²) >= 11 is 0. The quantitative estimate of drug-likeness (QED) is 0.597. The highest BCUT2D eigenvalue weighted by molar-refractivity contribution is 5.79. The molecule has 0 radical (unpaired) electrons. The van der Waals surface area contributed by atoms with Crippen LogP contribution in [0.1, 0.15) is 0 Å². The van der Waals surface area contributed by atoms with Crippen LogP contribution in [0.2, 0.25) is 0 Å². The first-order valence-electron chi connectivity index (χ1n) is 6.25. The number of rotatable bonds is 0.